The highest BCUT2D eigenvalue weighted by atomic mass is 32.2. The standard InChI is InChI=1S/C18H17FN2O5S/c19-13-3-1-2-11(8-13)9-14-16(23)21(18(26)27-14)10-15(22)20-6-4-12(5-7-20)17(24)25/h1-3,8-9,12H,4-7,10H2,(H,24,25). The number of aliphatic carboxylic acids is 1. The van der Waals surface area contributed by atoms with E-state index in [-0.39, 0.29) is 24.5 Å². The van der Waals surface area contributed by atoms with Crippen molar-refractivity contribution in [1.82, 2.24) is 9.80 Å². The van der Waals surface area contributed by atoms with Crippen LogP contribution in [0.3, 0.4) is 0 Å². The summed E-state index contributed by atoms with van der Waals surface area (Å²) in [5.41, 5.74) is 0.447. The van der Waals surface area contributed by atoms with Gasteiger partial charge >= 0.3 is 5.97 Å². The lowest BCUT2D eigenvalue weighted by molar-refractivity contribution is -0.146. The average molecular weight is 392 g/mol. The first-order valence-corrected chi connectivity index (χ1v) is 9.18. The highest BCUT2D eigenvalue weighted by Gasteiger charge is 2.37. The number of carbonyl (C=O) groups excluding carboxylic acids is 3. The van der Waals surface area contributed by atoms with E-state index in [2.05, 4.69) is 0 Å². The molecule has 0 saturated carbocycles. The topological polar surface area (TPSA) is 95.0 Å². The molecule has 2 fully saturated rings. The number of likely N-dealkylation sites (tertiary alicyclic amines) is 1. The normalized spacial score (nSPS) is 19.8. The second-order valence-electron chi connectivity index (χ2n) is 6.32. The number of thioether (sulfide) groups is 1. The zero-order chi connectivity index (χ0) is 19.6. The van der Waals surface area contributed by atoms with Gasteiger partial charge in [0.2, 0.25) is 5.91 Å². The van der Waals surface area contributed by atoms with Gasteiger partial charge in [-0.1, -0.05) is 12.1 Å². The molecule has 1 N–H and O–H groups in total. The Balaban J connectivity index is 1.64. The molecule has 2 heterocycles. The highest BCUT2D eigenvalue weighted by molar-refractivity contribution is 8.18. The van der Waals surface area contributed by atoms with Crippen LogP contribution in [-0.4, -0.2) is 57.6 Å². The fraction of sp³-hybridized carbons (Fsp3) is 0.333. The molecular formula is C18H17FN2O5S. The van der Waals surface area contributed by atoms with Crippen molar-refractivity contribution in [1.29, 1.82) is 0 Å². The quantitative estimate of drug-likeness (QED) is 0.790. The predicted octanol–water partition coefficient (Wildman–Crippen LogP) is 2.19. The Kier molecular flexibility index (Phi) is 5.59. The third kappa shape index (κ3) is 4.36. The van der Waals surface area contributed by atoms with E-state index in [1.165, 1.54) is 29.2 Å². The van der Waals surface area contributed by atoms with E-state index in [9.17, 15) is 23.6 Å². The number of carboxylic acids is 1. The van der Waals surface area contributed by atoms with Gasteiger partial charge in [-0.15, -0.1) is 0 Å². The molecule has 2 aliphatic heterocycles. The van der Waals surface area contributed by atoms with Crippen LogP contribution < -0.4 is 0 Å². The summed E-state index contributed by atoms with van der Waals surface area (Å²) in [5.74, 6) is -2.80. The third-order valence-electron chi connectivity index (χ3n) is 4.51. The van der Waals surface area contributed by atoms with Gasteiger partial charge in [0.05, 0.1) is 10.8 Å². The summed E-state index contributed by atoms with van der Waals surface area (Å²) in [6.45, 7) is 0.180. The number of hydrogen-bond donors (Lipinski definition) is 1. The van der Waals surface area contributed by atoms with Gasteiger partial charge in [-0.25, -0.2) is 4.39 Å². The van der Waals surface area contributed by atoms with Gasteiger partial charge in [-0.2, -0.15) is 0 Å². The van der Waals surface area contributed by atoms with Crippen molar-refractivity contribution in [3.63, 3.8) is 0 Å². The summed E-state index contributed by atoms with van der Waals surface area (Å²) in [6, 6.07) is 5.62. The molecule has 7 nitrogen and oxygen atoms in total. The Hall–Kier alpha value is -2.68. The minimum atomic E-state index is -0.879. The Morgan fingerprint density at radius 3 is 2.59 bits per heavy atom. The van der Waals surface area contributed by atoms with E-state index in [0.717, 1.165) is 4.90 Å². The van der Waals surface area contributed by atoms with Crippen LogP contribution in [0.4, 0.5) is 9.18 Å². The number of carbonyl (C=O) groups is 4. The van der Waals surface area contributed by atoms with E-state index in [1.54, 1.807) is 6.07 Å². The van der Waals surface area contributed by atoms with Crippen molar-refractivity contribution < 1.29 is 28.7 Å². The number of amides is 3. The monoisotopic (exact) mass is 392 g/mol. The fourth-order valence-electron chi connectivity index (χ4n) is 3.00. The lowest BCUT2D eigenvalue weighted by atomic mass is 9.97. The van der Waals surface area contributed by atoms with Crippen LogP contribution in [0.5, 0.6) is 0 Å². The molecule has 0 spiro atoms. The molecule has 0 atom stereocenters. The van der Waals surface area contributed by atoms with Crippen LogP contribution in [0.25, 0.3) is 6.08 Å². The Morgan fingerprint density at radius 2 is 1.96 bits per heavy atom. The maximum Gasteiger partial charge on any atom is 0.306 e. The molecule has 2 aliphatic rings. The number of imide groups is 1. The summed E-state index contributed by atoms with van der Waals surface area (Å²) in [7, 11) is 0. The van der Waals surface area contributed by atoms with Gasteiger partial charge in [0.25, 0.3) is 11.1 Å². The molecule has 27 heavy (non-hydrogen) atoms. The Bertz CT molecular complexity index is 833. The number of benzene rings is 1. The Morgan fingerprint density at radius 1 is 1.26 bits per heavy atom. The first-order chi connectivity index (χ1) is 12.8. The SMILES string of the molecule is O=C(O)C1CCN(C(=O)CN2C(=O)SC(=Cc3cccc(F)c3)C2=O)CC1. The smallest absolute Gasteiger partial charge is 0.306 e. The summed E-state index contributed by atoms with van der Waals surface area (Å²) < 4.78 is 13.3. The van der Waals surface area contributed by atoms with E-state index in [0.29, 0.717) is 30.2 Å². The molecule has 142 valence electrons. The second-order valence-corrected chi connectivity index (χ2v) is 7.31. The molecule has 1 aromatic rings. The van der Waals surface area contributed by atoms with Crippen molar-refractivity contribution in [2.75, 3.05) is 19.6 Å². The van der Waals surface area contributed by atoms with Crippen molar-refractivity contribution >= 4 is 40.9 Å². The van der Waals surface area contributed by atoms with Crippen LogP contribution in [0.1, 0.15) is 18.4 Å². The number of hydrogen-bond acceptors (Lipinski definition) is 5. The van der Waals surface area contributed by atoms with Crippen LogP contribution in [0.15, 0.2) is 29.2 Å². The second kappa shape index (κ2) is 7.91. The van der Waals surface area contributed by atoms with E-state index >= 15 is 0 Å². The third-order valence-corrected chi connectivity index (χ3v) is 5.42. The molecule has 2 saturated heterocycles. The molecule has 0 aromatic heterocycles. The van der Waals surface area contributed by atoms with Crippen LogP contribution in [-0.2, 0) is 14.4 Å². The maximum absolute atomic E-state index is 13.3. The van der Waals surface area contributed by atoms with E-state index < -0.39 is 34.8 Å². The first-order valence-electron chi connectivity index (χ1n) is 8.36. The zero-order valence-electron chi connectivity index (χ0n) is 14.3. The molecule has 9 heteroatoms. The van der Waals surface area contributed by atoms with Crippen molar-refractivity contribution in [3.8, 4) is 0 Å². The van der Waals surface area contributed by atoms with Crippen molar-refractivity contribution in [3.05, 3.63) is 40.6 Å². The number of halogens is 1. The van der Waals surface area contributed by atoms with Gasteiger partial charge in [0.1, 0.15) is 12.4 Å². The maximum atomic E-state index is 13.3. The number of piperidine rings is 1. The van der Waals surface area contributed by atoms with Gasteiger partial charge < -0.3 is 10.0 Å². The van der Waals surface area contributed by atoms with Gasteiger partial charge in [-0.05, 0) is 48.4 Å². The summed E-state index contributed by atoms with van der Waals surface area (Å²) in [5, 5.41) is 8.44. The molecule has 1 aromatic carbocycles. The number of carboxylic acid groups (broad SMARTS) is 1. The summed E-state index contributed by atoms with van der Waals surface area (Å²) in [6.07, 6.45) is 2.11. The van der Waals surface area contributed by atoms with Gasteiger partial charge in [-0.3, -0.25) is 24.1 Å². The Labute approximate surface area is 158 Å². The average Bonchev–Trinajstić information content (AvgIpc) is 2.89. The van der Waals surface area contributed by atoms with Gasteiger partial charge in [0, 0.05) is 13.1 Å². The minimum absolute atomic E-state index is 0.128. The first kappa shape index (κ1) is 19.1. The highest BCUT2D eigenvalue weighted by Crippen LogP contribution is 2.32. The van der Waals surface area contributed by atoms with E-state index in [4.69, 9.17) is 5.11 Å². The predicted molar refractivity (Wildman–Crippen MR) is 96.0 cm³/mol. The van der Waals surface area contributed by atoms with Gasteiger partial charge in [0.15, 0.2) is 0 Å². The van der Waals surface area contributed by atoms with Crippen LogP contribution in [0.2, 0.25) is 0 Å². The molecule has 0 unspecified atom stereocenters. The molecule has 3 rings (SSSR count). The van der Waals surface area contributed by atoms with Crippen molar-refractivity contribution in [2.24, 2.45) is 5.92 Å². The molecule has 0 radical (unpaired) electrons. The largest absolute Gasteiger partial charge is 0.481 e. The summed E-state index contributed by atoms with van der Waals surface area (Å²) in [4.78, 5) is 50.4. The lowest BCUT2D eigenvalue weighted by Crippen LogP contribution is -2.46. The number of nitrogens with zero attached hydrogens (tertiary/aromatic N) is 2. The molecule has 3 amide bonds. The van der Waals surface area contributed by atoms with Crippen LogP contribution in [0, 0.1) is 11.7 Å². The number of rotatable bonds is 4. The van der Waals surface area contributed by atoms with E-state index in [1.807, 2.05) is 0 Å². The zero-order valence-corrected chi connectivity index (χ0v) is 15.1. The summed E-state index contributed by atoms with van der Waals surface area (Å²) >= 11 is 0.703. The lowest BCUT2D eigenvalue weighted by Gasteiger charge is -2.30. The molecule has 0 bridgehead atoms. The molecule has 0 aliphatic carbocycles. The van der Waals surface area contributed by atoms with Crippen LogP contribution >= 0.6 is 11.8 Å². The fourth-order valence-corrected chi connectivity index (χ4v) is 3.83. The van der Waals surface area contributed by atoms with Crippen molar-refractivity contribution in [2.45, 2.75) is 12.8 Å². The molecular weight excluding hydrogens is 375 g/mol. The minimum Gasteiger partial charge on any atom is -0.481 e.